The molecule has 1 aliphatic rings. The van der Waals surface area contributed by atoms with Crippen molar-refractivity contribution in [3.63, 3.8) is 0 Å². The molecular formula is C13H14BrNO2. The first-order valence-corrected chi connectivity index (χ1v) is 6.51. The highest BCUT2D eigenvalue weighted by atomic mass is 79.9. The van der Waals surface area contributed by atoms with Gasteiger partial charge in [0.15, 0.2) is 0 Å². The van der Waals surface area contributed by atoms with Crippen molar-refractivity contribution in [2.75, 3.05) is 0 Å². The van der Waals surface area contributed by atoms with Crippen LogP contribution in [0.3, 0.4) is 0 Å². The number of hydrogen-bond acceptors (Lipinski definition) is 2. The number of hydrogen-bond donors (Lipinski definition) is 1. The van der Waals surface area contributed by atoms with E-state index < -0.39 is 0 Å². The highest BCUT2D eigenvalue weighted by Crippen LogP contribution is 2.36. The van der Waals surface area contributed by atoms with Crippen LogP contribution in [0.1, 0.15) is 31.2 Å². The molecule has 2 amide bonds. The van der Waals surface area contributed by atoms with E-state index in [1.54, 1.807) is 0 Å². The molecule has 2 rings (SSSR count). The lowest BCUT2D eigenvalue weighted by atomic mass is 9.79. The summed E-state index contributed by atoms with van der Waals surface area (Å²) in [6.07, 6.45) is 1.12. The molecule has 2 unspecified atom stereocenters. The molecule has 4 heteroatoms. The average Bonchev–Trinajstić information content (AvgIpc) is 2.28. The Balaban J connectivity index is 2.38. The van der Waals surface area contributed by atoms with Gasteiger partial charge in [0.2, 0.25) is 11.8 Å². The topological polar surface area (TPSA) is 46.2 Å². The molecule has 3 nitrogen and oxygen atoms in total. The van der Waals surface area contributed by atoms with Crippen LogP contribution >= 0.6 is 15.9 Å². The molecular weight excluding hydrogens is 282 g/mol. The SMILES string of the molecule is CCC1C(=O)NC(=O)CC1c1ccccc1Br. The minimum absolute atomic E-state index is 0.0168. The van der Waals surface area contributed by atoms with E-state index in [9.17, 15) is 9.59 Å². The first kappa shape index (κ1) is 12.3. The Kier molecular flexibility index (Phi) is 3.62. The largest absolute Gasteiger partial charge is 0.296 e. The first-order chi connectivity index (χ1) is 8.13. The highest BCUT2D eigenvalue weighted by Gasteiger charge is 2.36. The first-order valence-electron chi connectivity index (χ1n) is 5.71. The lowest BCUT2D eigenvalue weighted by Crippen LogP contribution is -2.44. The number of rotatable bonds is 2. The average molecular weight is 296 g/mol. The molecule has 2 atom stereocenters. The Labute approximate surface area is 109 Å². The molecule has 90 valence electrons. The van der Waals surface area contributed by atoms with Crippen molar-refractivity contribution in [2.45, 2.75) is 25.7 Å². The van der Waals surface area contributed by atoms with Crippen LogP contribution in [0.2, 0.25) is 0 Å². The van der Waals surface area contributed by atoms with Crippen LogP contribution in [-0.2, 0) is 9.59 Å². The van der Waals surface area contributed by atoms with E-state index in [2.05, 4.69) is 21.2 Å². The molecule has 0 spiro atoms. The van der Waals surface area contributed by atoms with E-state index in [4.69, 9.17) is 0 Å². The molecule has 1 saturated heterocycles. The number of imide groups is 1. The third-order valence-corrected chi connectivity index (χ3v) is 3.96. The summed E-state index contributed by atoms with van der Waals surface area (Å²) >= 11 is 3.49. The van der Waals surface area contributed by atoms with Crippen LogP contribution in [0, 0.1) is 5.92 Å². The maximum atomic E-state index is 11.8. The molecule has 1 aromatic carbocycles. The van der Waals surface area contributed by atoms with Crippen molar-refractivity contribution in [3.05, 3.63) is 34.3 Å². The van der Waals surface area contributed by atoms with Gasteiger partial charge in [-0.15, -0.1) is 0 Å². The Morgan fingerprint density at radius 2 is 2.06 bits per heavy atom. The van der Waals surface area contributed by atoms with E-state index >= 15 is 0 Å². The van der Waals surface area contributed by atoms with Crippen molar-refractivity contribution in [2.24, 2.45) is 5.92 Å². The van der Waals surface area contributed by atoms with E-state index in [0.29, 0.717) is 6.42 Å². The van der Waals surface area contributed by atoms with Crippen LogP contribution in [0.15, 0.2) is 28.7 Å². The summed E-state index contributed by atoms with van der Waals surface area (Å²) in [5.74, 6) is -0.465. The number of carbonyl (C=O) groups is 2. The summed E-state index contributed by atoms with van der Waals surface area (Å²) in [4.78, 5) is 23.3. The van der Waals surface area contributed by atoms with Gasteiger partial charge in [-0.1, -0.05) is 41.1 Å². The summed E-state index contributed by atoms with van der Waals surface area (Å²) < 4.78 is 0.964. The van der Waals surface area contributed by atoms with E-state index in [0.717, 1.165) is 16.5 Å². The van der Waals surface area contributed by atoms with Gasteiger partial charge >= 0.3 is 0 Å². The fraction of sp³-hybridized carbons (Fsp3) is 0.385. The quantitative estimate of drug-likeness (QED) is 0.853. The maximum Gasteiger partial charge on any atom is 0.230 e. The number of nitrogens with one attached hydrogen (secondary N) is 1. The summed E-state index contributed by atoms with van der Waals surface area (Å²) in [5, 5.41) is 2.41. The highest BCUT2D eigenvalue weighted by molar-refractivity contribution is 9.10. The van der Waals surface area contributed by atoms with Gasteiger partial charge in [-0.2, -0.15) is 0 Å². The summed E-state index contributed by atoms with van der Waals surface area (Å²) in [6, 6.07) is 7.78. The lowest BCUT2D eigenvalue weighted by molar-refractivity contribution is -0.137. The van der Waals surface area contributed by atoms with Gasteiger partial charge in [0, 0.05) is 22.7 Å². The molecule has 1 aromatic rings. The molecule has 17 heavy (non-hydrogen) atoms. The van der Waals surface area contributed by atoms with Gasteiger partial charge < -0.3 is 0 Å². The summed E-state index contributed by atoms with van der Waals surface area (Å²) in [6.45, 7) is 1.98. The smallest absolute Gasteiger partial charge is 0.230 e. The minimum Gasteiger partial charge on any atom is -0.296 e. The predicted octanol–water partition coefficient (Wildman–Crippen LogP) is 2.61. The standard InChI is InChI=1S/C13H14BrNO2/c1-2-8-10(7-12(16)15-13(8)17)9-5-3-4-6-11(9)14/h3-6,8,10H,2,7H2,1H3,(H,15,16,17). The second kappa shape index (κ2) is 5.00. The molecule has 1 fully saturated rings. The monoisotopic (exact) mass is 295 g/mol. The third kappa shape index (κ3) is 2.41. The summed E-state index contributed by atoms with van der Waals surface area (Å²) in [7, 11) is 0. The molecule has 0 aromatic heterocycles. The maximum absolute atomic E-state index is 11.8. The van der Waals surface area contributed by atoms with Gasteiger partial charge in [0.1, 0.15) is 0 Å². The van der Waals surface area contributed by atoms with Crippen molar-refractivity contribution in [1.82, 2.24) is 5.32 Å². The van der Waals surface area contributed by atoms with Crippen LogP contribution in [0.5, 0.6) is 0 Å². The number of halogens is 1. The Morgan fingerprint density at radius 3 is 2.71 bits per heavy atom. The van der Waals surface area contributed by atoms with Crippen molar-refractivity contribution < 1.29 is 9.59 Å². The second-order valence-corrected chi connectivity index (χ2v) is 5.11. The van der Waals surface area contributed by atoms with Crippen LogP contribution in [0.25, 0.3) is 0 Å². The Morgan fingerprint density at radius 1 is 1.35 bits per heavy atom. The Bertz CT molecular complexity index is 458. The van der Waals surface area contributed by atoms with Gasteiger partial charge in [-0.25, -0.2) is 0 Å². The zero-order chi connectivity index (χ0) is 12.4. The molecule has 0 bridgehead atoms. The number of carbonyl (C=O) groups excluding carboxylic acids is 2. The number of benzene rings is 1. The molecule has 0 saturated carbocycles. The molecule has 0 radical (unpaired) electrons. The van der Waals surface area contributed by atoms with Crippen molar-refractivity contribution in [3.8, 4) is 0 Å². The van der Waals surface area contributed by atoms with Gasteiger partial charge in [-0.3, -0.25) is 14.9 Å². The van der Waals surface area contributed by atoms with Gasteiger partial charge in [0.05, 0.1) is 0 Å². The lowest BCUT2D eigenvalue weighted by Gasteiger charge is -2.30. The van der Waals surface area contributed by atoms with E-state index in [1.807, 2.05) is 31.2 Å². The molecule has 1 N–H and O–H groups in total. The molecule has 0 aliphatic carbocycles. The summed E-state index contributed by atoms with van der Waals surface area (Å²) in [5.41, 5.74) is 1.04. The van der Waals surface area contributed by atoms with Crippen molar-refractivity contribution in [1.29, 1.82) is 0 Å². The third-order valence-electron chi connectivity index (χ3n) is 3.23. The van der Waals surface area contributed by atoms with Gasteiger partial charge in [-0.05, 0) is 18.1 Å². The van der Waals surface area contributed by atoms with E-state index in [-0.39, 0.29) is 23.7 Å². The second-order valence-electron chi connectivity index (χ2n) is 4.26. The fourth-order valence-corrected chi connectivity index (χ4v) is 2.96. The molecule has 1 heterocycles. The zero-order valence-electron chi connectivity index (χ0n) is 9.57. The normalized spacial score (nSPS) is 24.6. The number of amides is 2. The minimum atomic E-state index is -0.180. The number of piperidine rings is 1. The van der Waals surface area contributed by atoms with Crippen LogP contribution in [0.4, 0.5) is 0 Å². The zero-order valence-corrected chi connectivity index (χ0v) is 11.2. The van der Waals surface area contributed by atoms with Crippen molar-refractivity contribution >= 4 is 27.7 Å². The molecule has 1 aliphatic heterocycles. The predicted molar refractivity (Wildman–Crippen MR) is 68.4 cm³/mol. The van der Waals surface area contributed by atoms with Crippen LogP contribution < -0.4 is 5.32 Å². The Hall–Kier alpha value is -1.16. The van der Waals surface area contributed by atoms with E-state index in [1.165, 1.54) is 0 Å². The van der Waals surface area contributed by atoms with Gasteiger partial charge in [0.25, 0.3) is 0 Å². The fourth-order valence-electron chi connectivity index (χ4n) is 2.38. The van der Waals surface area contributed by atoms with Crippen LogP contribution in [-0.4, -0.2) is 11.8 Å².